The Balaban J connectivity index is 1.38. The van der Waals surface area contributed by atoms with Crippen molar-refractivity contribution in [2.24, 2.45) is 7.05 Å². The SMILES string of the molecule is CCC(C)(NC(=O)OCC1c2ccccc2-c2ccccc21)C(=O)NCc1cc(C(=O)O)n(C)n1. The fraction of sp³-hybridized carbons (Fsp3) is 0.308. The van der Waals surface area contributed by atoms with Gasteiger partial charge in [-0.2, -0.15) is 5.10 Å². The number of carbonyl (C=O) groups is 3. The number of hydrogen-bond acceptors (Lipinski definition) is 5. The van der Waals surface area contributed by atoms with Crippen molar-refractivity contribution < 1.29 is 24.2 Å². The van der Waals surface area contributed by atoms with Crippen molar-refractivity contribution in [1.29, 1.82) is 0 Å². The largest absolute Gasteiger partial charge is 0.477 e. The third-order valence-electron chi connectivity index (χ3n) is 6.51. The minimum atomic E-state index is -1.22. The standard InChI is InChI=1S/C26H28N4O5/c1-4-26(2,24(33)27-14-16-13-22(23(31)32)30(3)29-16)28-25(34)35-15-21-19-11-7-5-9-17(19)18-10-6-8-12-20(18)21/h5-13,21H,4,14-15H2,1-3H3,(H,27,33)(H,28,34)(H,31,32). The van der Waals surface area contributed by atoms with Crippen LogP contribution >= 0.6 is 0 Å². The van der Waals surface area contributed by atoms with Crippen LogP contribution in [0.15, 0.2) is 54.6 Å². The molecule has 0 saturated carbocycles. The van der Waals surface area contributed by atoms with Crippen molar-refractivity contribution in [1.82, 2.24) is 20.4 Å². The summed E-state index contributed by atoms with van der Waals surface area (Å²) < 4.78 is 6.82. The lowest BCUT2D eigenvalue weighted by Crippen LogP contribution is -2.56. The van der Waals surface area contributed by atoms with Gasteiger partial charge < -0.3 is 20.5 Å². The van der Waals surface area contributed by atoms with Gasteiger partial charge in [-0.15, -0.1) is 0 Å². The second-order valence-electron chi connectivity index (χ2n) is 8.77. The average molecular weight is 477 g/mol. The molecule has 9 heteroatoms. The molecule has 4 rings (SSSR count). The van der Waals surface area contributed by atoms with Gasteiger partial charge in [-0.05, 0) is 41.7 Å². The molecule has 0 spiro atoms. The van der Waals surface area contributed by atoms with Gasteiger partial charge in [0.05, 0.1) is 12.2 Å². The van der Waals surface area contributed by atoms with Crippen molar-refractivity contribution in [2.45, 2.75) is 38.3 Å². The molecular weight excluding hydrogens is 448 g/mol. The number of ether oxygens (including phenoxy) is 1. The number of carbonyl (C=O) groups excluding carboxylic acids is 2. The van der Waals surface area contributed by atoms with E-state index in [-0.39, 0.29) is 24.8 Å². The van der Waals surface area contributed by atoms with Gasteiger partial charge in [0.1, 0.15) is 17.8 Å². The first-order valence-corrected chi connectivity index (χ1v) is 11.4. The molecule has 0 aliphatic heterocycles. The van der Waals surface area contributed by atoms with Crippen LogP contribution in [0.4, 0.5) is 4.79 Å². The summed E-state index contributed by atoms with van der Waals surface area (Å²) in [5, 5.41) is 18.7. The number of aryl methyl sites for hydroxylation is 1. The van der Waals surface area contributed by atoms with Crippen LogP contribution in [0.2, 0.25) is 0 Å². The van der Waals surface area contributed by atoms with Crippen LogP contribution in [0.25, 0.3) is 11.1 Å². The summed E-state index contributed by atoms with van der Waals surface area (Å²) in [6, 6.07) is 17.5. The second-order valence-corrected chi connectivity index (χ2v) is 8.77. The summed E-state index contributed by atoms with van der Waals surface area (Å²) in [6.07, 6.45) is -0.358. The number of aromatic nitrogens is 2. The normalized spacial score (nSPS) is 13.9. The Kier molecular flexibility index (Phi) is 6.59. The molecule has 1 atom stereocenters. The maximum Gasteiger partial charge on any atom is 0.408 e. The van der Waals surface area contributed by atoms with E-state index in [2.05, 4.69) is 27.9 Å². The number of carboxylic acids is 1. The summed E-state index contributed by atoms with van der Waals surface area (Å²) in [5.41, 5.74) is 3.68. The molecule has 2 amide bonds. The molecule has 1 aliphatic carbocycles. The lowest BCUT2D eigenvalue weighted by atomic mass is 9.97. The van der Waals surface area contributed by atoms with Crippen LogP contribution in [-0.4, -0.2) is 45.0 Å². The molecule has 0 saturated heterocycles. The first kappa shape index (κ1) is 24.0. The zero-order valence-corrected chi connectivity index (χ0v) is 19.9. The molecule has 2 aromatic carbocycles. The molecular formula is C26H28N4O5. The number of aromatic carboxylic acids is 1. The quantitative estimate of drug-likeness (QED) is 0.458. The van der Waals surface area contributed by atoms with E-state index in [4.69, 9.17) is 9.84 Å². The third-order valence-corrected chi connectivity index (χ3v) is 6.51. The number of amides is 2. The Labute approximate surface area is 203 Å². The van der Waals surface area contributed by atoms with Gasteiger partial charge in [0.2, 0.25) is 5.91 Å². The van der Waals surface area contributed by atoms with E-state index in [0.717, 1.165) is 22.3 Å². The zero-order valence-electron chi connectivity index (χ0n) is 19.9. The highest BCUT2D eigenvalue weighted by Crippen LogP contribution is 2.44. The summed E-state index contributed by atoms with van der Waals surface area (Å²) in [7, 11) is 1.52. The lowest BCUT2D eigenvalue weighted by Gasteiger charge is -2.28. The average Bonchev–Trinajstić information content (AvgIpc) is 3.38. The first-order chi connectivity index (χ1) is 16.7. The van der Waals surface area contributed by atoms with Crippen molar-refractivity contribution in [3.05, 3.63) is 77.1 Å². The van der Waals surface area contributed by atoms with Crippen LogP contribution in [0.5, 0.6) is 0 Å². The zero-order chi connectivity index (χ0) is 25.2. The summed E-state index contributed by atoms with van der Waals surface area (Å²) >= 11 is 0. The summed E-state index contributed by atoms with van der Waals surface area (Å²) in [4.78, 5) is 36.8. The molecule has 1 unspecified atom stereocenters. The predicted molar refractivity (Wildman–Crippen MR) is 129 cm³/mol. The van der Waals surface area contributed by atoms with E-state index in [9.17, 15) is 14.4 Å². The molecule has 3 aromatic rings. The predicted octanol–water partition coefficient (Wildman–Crippen LogP) is 3.44. The number of nitrogens with zero attached hydrogens (tertiary/aromatic N) is 2. The fourth-order valence-corrected chi connectivity index (χ4v) is 4.34. The Morgan fingerprint density at radius 2 is 1.69 bits per heavy atom. The van der Waals surface area contributed by atoms with E-state index >= 15 is 0 Å². The molecule has 1 aliphatic rings. The van der Waals surface area contributed by atoms with Crippen LogP contribution in [0.3, 0.4) is 0 Å². The molecule has 0 radical (unpaired) electrons. The van der Waals surface area contributed by atoms with Gasteiger partial charge in [-0.25, -0.2) is 9.59 Å². The van der Waals surface area contributed by atoms with Gasteiger partial charge in [0, 0.05) is 13.0 Å². The van der Waals surface area contributed by atoms with Gasteiger partial charge >= 0.3 is 12.1 Å². The van der Waals surface area contributed by atoms with Gasteiger partial charge in [-0.1, -0.05) is 55.5 Å². The highest BCUT2D eigenvalue weighted by Gasteiger charge is 2.35. The Hall–Kier alpha value is -4.14. The van der Waals surface area contributed by atoms with E-state index in [1.54, 1.807) is 13.8 Å². The van der Waals surface area contributed by atoms with Gasteiger partial charge in [0.25, 0.3) is 0 Å². The second kappa shape index (κ2) is 9.61. The number of carboxylic acid groups (broad SMARTS) is 1. The molecule has 35 heavy (non-hydrogen) atoms. The van der Waals surface area contributed by atoms with Crippen molar-refractivity contribution in [3.63, 3.8) is 0 Å². The van der Waals surface area contributed by atoms with Crippen LogP contribution in [-0.2, 0) is 23.1 Å². The number of hydrogen-bond donors (Lipinski definition) is 3. The Morgan fingerprint density at radius 3 is 2.23 bits per heavy atom. The lowest BCUT2D eigenvalue weighted by molar-refractivity contribution is -0.127. The third kappa shape index (κ3) is 4.75. The van der Waals surface area contributed by atoms with Crippen LogP contribution < -0.4 is 10.6 Å². The summed E-state index contributed by atoms with van der Waals surface area (Å²) in [5.74, 6) is -1.61. The number of benzene rings is 2. The van der Waals surface area contributed by atoms with Crippen molar-refractivity contribution in [3.8, 4) is 11.1 Å². The summed E-state index contributed by atoms with van der Waals surface area (Å²) in [6.45, 7) is 3.58. The molecule has 1 heterocycles. The van der Waals surface area contributed by atoms with Crippen LogP contribution in [0, 0.1) is 0 Å². The van der Waals surface area contributed by atoms with Crippen molar-refractivity contribution >= 4 is 18.0 Å². The molecule has 1 aromatic heterocycles. The van der Waals surface area contributed by atoms with Gasteiger partial charge in [0.15, 0.2) is 0 Å². The van der Waals surface area contributed by atoms with E-state index in [1.807, 2.05) is 36.4 Å². The van der Waals surface area contributed by atoms with Crippen LogP contribution in [0.1, 0.15) is 53.5 Å². The minimum absolute atomic E-state index is 0.0178. The maximum absolute atomic E-state index is 12.9. The number of alkyl carbamates (subject to hydrolysis) is 1. The highest BCUT2D eigenvalue weighted by molar-refractivity contribution is 5.89. The van der Waals surface area contributed by atoms with E-state index < -0.39 is 23.5 Å². The monoisotopic (exact) mass is 476 g/mol. The first-order valence-electron chi connectivity index (χ1n) is 11.4. The number of nitrogens with one attached hydrogen (secondary N) is 2. The topological polar surface area (TPSA) is 123 Å². The Morgan fingerprint density at radius 1 is 1.09 bits per heavy atom. The molecule has 0 fully saturated rings. The molecule has 182 valence electrons. The minimum Gasteiger partial charge on any atom is -0.477 e. The molecule has 0 bridgehead atoms. The number of rotatable bonds is 8. The smallest absolute Gasteiger partial charge is 0.408 e. The highest BCUT2D eigenvalue weighted by atomic mass is 16.5. The molecule has 9 nitrogen and oxygen atoms in total. The van der Waals surface area contributed by atoms with Gasteiger partial charge in [-0.3, -0.25) is 9.48 Å². The van der Waals surface area contributed by atoms with Crippen molar-refractivity contribution in [2.75, 3.05) is 6.61 Å². The Bertz CT molecular complexity index is 1240. The fourth-order valence-electron chi connectivity index (χ4n) is 4.34. The molecule has 3 N–H and O–H groups in total. The number of fused-ring (bicyclic) bond motifs is 3. The maximum atomic E-state index is 12.9. The van der Waals surface area contributed by atoms with E-state index in [1.165, 1.54) is 17.8 Å². The van der Waals surface area contributed by atoms with E-state index in [0.29, 0.717) is 12.1 Å².